The van der Waals surface area contributed by atoms with Gasteiger partial charge in [-0.1, -0.05) is 79.2 Å². The molecule has 1 aromatic heterocycles. The number of fused-ring (bicyclic) bond motifs is 1. The molecule has 0 saturated carbocycles. The zero-order valence-electron chi connectivity index (χ0n) is 11.8. The van der Waals surface area contributed by atoms with E-state index in [1.165, 1.54) is 49.2 Å². The number of hydrogen-bond acceptors (Lipinski definition) is 1. The van der Waals surface area contributed by atoms with Gasteiger partial charge in [0.15, 0.2) is 0 Å². The Bertz CT molecular complexity index is 370. The second-order valence-corrected chi connectivity index (χ2v) is 5.45. The molecule has 104 valence electrons. The van der Waals surface area contributed by atoms with Crippen LogP contribution in [0.1, 0.15) is 45.4 Å². The van der Waals surface area contributed by atoms with Crippen LogP contribution in [0.5, 0.6) is 0 Å². The number of unbranched alkanes of at least 4 members (excludes halogenated alkanes) is 5. The second kappa shape index (κ2) is 11.0. The summed E-state index contributed by atoms with van der Waals surface area (Å²) < 4.78 is 0. The molecule has 0 fully saturated rings. The van der Waals surface area contributed by atoms with Gasteiger partial charge < -0.3 is 0 Å². The molecule has 0 saturated heterocycles. The number of nitrogens with zero attached hydrogens (tertiary/aromatic N) is 1. The van der Waals surface area contributed by atoms with Crippen LogP contribution in [0.2, 0.25) is 0 Å². The van der Waals surface area contributed by atoms with Crippen molar-refractivity contribution in [1.29, 1.82) is 0 Å². The third-order valence-electron chi connectivity index (χ3n) is 3.00. The van der Waals surface area contributed by atoms with Gasteiger partial charge in [-0.15, -0.1) is 0 Å². The first-order valence-electron chi connectivity index (χ1n) is 7.24. The van der Waals surface area contributed by atoms with Crippen molar-refractivity contribution in [3.05, 3.63) is 42.6 Å². The molecule has 0 amide bonds. The minimum atomic E-state index is 1.06. The van der Waals surface area contributed by atoms with Gasteiger partial charge >= 0.3 is 0 Å². The van der Waals surface area contributed by atoms with Crippen molar-refractivity contribution in [3.63, 3.8) is 0 Å². The highest BCUT2D eigenvalue weighted by atomic mass is 79.9. The Balaban J connectivity index is 0.000000192. The number of rotatable bonds is 6. The number of alkyl halides is 1. The van der Waals surface area contributed by atoms with E-state index in [0.29, 0.717) is 0 Å². The number of para-hydroxylation sites is 1. The molecule has 2 aromatic rings. The van der Waals surface area contributed by atoms with E-state index in [2.05, 4.69) is 40.0 Å². The summed E-state index contributed by atoms with van der Waals surface area (Å²) in [4.78, 5) is 4.18. The lowest BCUT2D eigenvalue weighted by Gasteiger charge is -1.95. The van der Waals surface area contributed by atoms with Crippen molar-refractivity contribution >= 4 is 26.8 Å². The predicted octanol–water partition coefficient (Wildman–Crippen LogP) is 5.98. The molecule has 1 heterocycles. The van der Waals surface area contributed by atoms with E-state index in [1.807, 2.05) is 30.5 Å². The van der Waals surface area contributed by atoms with Gasteiger partial charge in [0.05, 0.1) is 5.52 Å². The quantitative estimate of drug-likeness (QED) is 0.471. The lowest BCUT2D eigenvalue weighted by atomic mass is 10.1. The van der Waals surface area contributed by atoms with Crippen LogP contribution < -0.4 is 0 Å². The molecule has 0 radical (unpaired) electrons. The van der Waals surface area contributed by atoms with Crippen LogP contribution in [-0.4, -0.2) is 10.3 Å². The van der Waals surface area contributed by atoms with Gasteiger partial charge in [-0.25, -0.2) is 0 Å². The molecule has 0 aliphatic heterocycles. The molecule has 0 unspecified atom stereocenters. The molecule has 1 aromatic carbocycles. The maximum absolute atomic E-state index is 4.18. The molecular weight excluding hydrogens is 298 g/mol. The Hall–Kier alpha value is -0.890. The summed E-state index contributed by atoms with van der Waals surface area (Å²) in [6.45, 7) is 2.25. The Morgan fingerprint density at radius 1 is 0.895 bits per heavy atom. The van der Waals surface area contributed by atoms with Crippen LogP contribution in [0, 0.1) is 0 Å². The van der Waals surface area contributed by atoms with Crippen molar-refractivity contribution in [2.45, 2.75) is 45.4 Å². The van der Waals surface area contributed by atoms with Gasteiger partial charge in [0.1, 0.15) is 0 Å². The van der Waals surface area contributed by atoms with Gasteiger partial charge in [0.25, 0.3) is 0 Å². The maximum Gasteiger partial charge on any atom is 0.0701 e. The van der Waals surface area contributed by atoms with Gasteiger partial charge in [0, 0.05) is 16.9 Å². The molecule has 0 aliphatic carbocycles. The molecule has 0 aliphatic rings. The van der Waals surface area contributed by atoms with Crippen molar-refractivity contribution in [3.8, 4) is 0 Å². The van der Waals surface area contributed by atoms with Crippen LogP contribution in [0.3, 0.4) is 0 Å². The normalized spacial score (nSPS) is 10.0. The van der Waals surface area contributed by atoms with Crippen LogP contribution in [0.4, 0.5) is 0 Å². The average molecular weight is 322 g/mol. The largest absolute Gasteiger partial charge is 0.256 e. The number of halogens is 1. The number of aromatic nitrogens is 1. The number of pyridine rings is 1. The van der Waals surface area contributed by atoms with Crippen LogP contribution in [0.25, 0.3) is 10.9 Å². The summed E-state index contributed by atoms with van der Waals surface area (Å²) in [6.07, 6.45) is 10.2. The summed E-state index contributed by atoms with van der Waals surface area (Å²) in [5.41, 5.74) is 1.06. The molecule has 2 rings (SSSR count). The summed E-state index contributed by atoms with van der Waals surface area (Å²) in [7, 11) is 0. The molecule has 1 nitrogen and oxygen atoms in total. The van der Waals surface area contributed by atoms with E-state index < -0.39 is 0 Å². The lowest BCUT2D eigenvalue weighted by Crippen LogP contribution is -1.78. The maximum atomic E-state index is 4.18. The Morgan fingerprint density at radius 3 is 2.32 bits per heavy atom. The first-order chi connectivity index (χ1) is 9.38. The highest BCUT2D eigenvalue weighted by Crippen LogP contribution is 2.08. The standard InChI is InChI=1S/C9H7N.C8H17Br/c1-2-6-9-8(4-1)5-3-7-10-9;1-2-3-4-5-6-7-8-9/h1-7H;2-8H2,1H3. The van der Waals surface area contributed by atoms with E-state index in [4.69, 9.17) is 0 Å². The van der Waals surface area contributed by atoms with Crippen LogP contribution in [0.15, 0.2) is 42.6 Å². The molecule has 19 heavy (non-hydrogen) atoms. The van der Waals surface area contributed by atoms with Crippen molar-refractivity contribution in [2.24, 2.45) is 0 Å². The Morgan fingerprint density at radius 2 is 1.58 bits per heavy atom. The predicted molar refractivity (Wildman–Crippen MR) is 88.9 cm³/mol. The summed E-state index contributed by atoms with van der Waals surface area (Å²) in [6, 6.07) is 12.1. The summed E-state index contributed by atoms with van der Waals surface area (Å²) in [5, 5.41) is 2.38. The molecule has 2 heteroatoms. The smallest absolute Gasteiger partial charge is 0.0701 e. The third-order valence-corrected chi connectivity index (χ3v) is 3.56. The fourth-order valence-electron chi connectivity index (χ4n) is 1.89. The SMILES string of the molecule is CCCCCCCCBr.c1ccc2ncccc2c1. The highest BCUT2D eigenvalue weighted by molar-refractivity contribution is 9.09. The van der Waals surface area contributed by atoms with E-state index in [-0.39, 0.29) is 0 Å². The fraction of sp³-hybridized carbons (Fsp3) is 0.471. The van der Waals surface area contributed by atoms with Crippen LogP contribution >= 0.6 is 15.9 Å². The zero-order valence-corrected chi connectivity index (χ0v) is 13.4. The van der Waals surface area contributed by atoms with Crippen molar-refractivity contribution in [1.82, 2.24) is 4.98 Å². The zero-order chi connectivity index (χ0) is 13.8. The molecule has 0 spiro atoms. The van der Waals surface area contributed by atoms with E-state index in [1.54, 1.807) is 0 Å². The Labute approximate surface area is 125 Å². The minimum Gasteiger partial charge on any atom is -0.256 e. The Kier molecular flexibility index (Phi) is 9.34. The van der Waals surface area contributed by atoms with Gasteiger partial charge in [-0.2, -0.15) is 0 Å². The van der Waals surface area contributed by atoms with E-state index in [0.717, 1.165) is 5.52 Å². The molecule has 0 atom stereocenters. The molecular formula is C17H24BrN. The third kappa shape index (κ3) is 7.31. The lowest BCUT2D eigenvalue weighted by molar-refractivity contribution is 0.628. The van der Waals surface area contributed by atoms with Gasteiger partial charge in [-0.05, 0) is 18.6 Å². The van der Waals surface area contributed by atoms with E-state index >= 15 is 0 Å². The average Bonchev–Trinajstić information content (AvgIpc) is 2.48. The molecule has 0 N–H and O–H groups in total. The monoisotopic (exact) mass is 321 g/mol. The first-order valence-corrected chi connectivity index (χ1v) is 8.36. The second-order valence-electron chi connectivity index (χ2n) is 4.65. The van der Waals surface area contributed by atoms with Gasteiger partial charge in [0.2, 0.25) is 0 Å². The topological polar surface area (TPSA) is 12.9 Å². The van der Waals surface area contributed by atoms with Gasteiger partial charge in [-0.3, -0.25) is 4.98 Å². The minimum absolute atomic E-state index is 1.06. The van der Waals surface area contributed by atoms with E-state index in [9.17, 15) is 0 Å². The fourth-order valence-corrected chi connectivity index (χ4v) is 2.29. The number of benzene rings is 1. The molecule has 0 bridgehead atoms. The summed E-state index contributed by atoms with van der Waals surface area (Å²) >= 11 is 3.42. The van der Waals surface area contributed by atoms with Crippen LogP contribution in [-0.2, 0) is 0 Å². The highest BCUT2D eigenvalue weighted by Gasteiger charge is 1.87. The first kappa shape index (κ1) is 16.2. The van der Waals surface area contributed by atoms with Crippen molar-refractivity contribution in [2.75, 3.05) is 5.33 Å². The summed E-state index contributed by atoms with van der Waals surface area (Å²) in [5.74, 6) is 0. The number of hydrogen-bond donors (Lipinski definition) is 0. The van der Waals surface area contributed by atoms with Crippen molar-refractivity contribution < 1.29 is 0 Å².